The zero-order valence-corrected chi connectivity index (χ0v) is 12.8. The fraction of sp³-hybridized carbons (Fsp3) is 0.538. The summed E-state index contributed by atoms with van der Waals surface area (Å²) in [6.45, 7) is 7.28. The maximum atomic E-state index is 6.06. The van der Waals surface area contributed by atoms with Gasteiger partial charge in [-0.3, -0.25) is 4.90 Å². The topological polar surface area (TPSA) is 29.3 Å². The van der Waals surface area contributed by atoms with Gasteiger partial charge in [-0.2, -0.15) is 0 Å². The van der Waals surface area contributed by atoms with Gasteiger partial charge in [0.15, 0.2) is 0 Å². The Bertz CT molecular complexity index is 387. The minimum absolute atomic E-state index is 0. The molecule has 0 bridgehead atoms. The van der Waals surface area contributed by atoms with Crippen molar-refractivity contribution < 1.29 is 0 Å². The van der Waals surface area contributed by atoms with Gasteiger partial charge in [0.05, 0.1) is 0 Å². The van der Waals surface area contributed by atoms with Crippen molar-refractivity contribution in [3.8, 4) is 0 Å². The number of benzene rings is 1. The van der Waals surface area contributed by atoms with Gasteiger partial charge in [-0.05, 0) is 43.5 Å². The third kappa shape index (κ3) is 4.25. The number of halogens is 2. The Hall–Kier alpha value is -0.0900. The summed E-state index contributed by atoms with van der Waals surface area (Å²) < 4.78 is 1.18. The molecule has 2 rings (SSSR count). The first kappa shape index (κ1) is 15.0. The molecule has 0 fully saturated rings. The molecule has 0 atom stereocenters. The standard InChI is InChI=1S/C13H19BrN2.ClH/c1-13(2,15)9-16-6-5-10-7-12(14)4-3-11(10)8-16;/h3-4,7H,5-6,8-9,15H2,1-2H3;1H. The van der Waals surface area contributed by atoms with E-state index >= 15 is 0 Å². The van der Waals surface area contributed by atoms with E-state index in [1.165, 1.54) is 15.6 Å². The maximum Gasteiger partial charge on any atom is 0.0237 e. The molecule has 1 heterocycles. The van der Waals surface area contributed by atoms with E-state index in [2.05, 4.69) is 52.9 Å². The molecule has 1 aliphatic rings. The Kier molecular flexibility index (Phi) is 5.02. The van der Waals surface area contributed by atoms with Gasteiger partial charge in [-0.25, -0.2) is 0 Å². The molecule has 1 aliphatic heterocycles. The lowest BCUT2D eigenvalue weighted by atomic mass is 9.98. The molecule has 0 saturated heterocycles. The summed E-state index contributed by atoms with van der Waals surface area (Å²) in [5, 5.41) is 0. The summed E-state index contributed by atoms with van der Waals surface area (Å²) in [7, 11) is 0. The number of rotatable bonds is 2. The van der Waals surface area contributed by atoms with Crippen LogP contribution < -0.4 is 5.73 Å². The van der Waals surface area contributed by atoms with E-state index in [0.29, 0.717) is 0 Å². The Morgan fingerprint density at radius 1 is 1.35 bits per heavy atom. The van der Waals surface area contributed by atoms with Gasteiger partial charge in [0, 0.05) is 29.6 Å². The van der Waals surface area contributed by atoms with Crippen molar-refractivity contribution in [3.63, 3.8) is 0 Å². The Morgan fingerprint density at radius 2 is 2.06 bits per heavy atom. The molecule has 0 saturated carbocycles. The molecule has 4 heteroatoms. The van der Waals surface area contributed by atoms with Gasteiger partial charge in [-0.15, -0.1) is 12.4 Å². The van der Waals surface area contributed by atoms with Crippen LogP contribution in [-0.2, 0) is 13.0 Å². The second-order valence-corrected chi connectivity index (χ2v) is 6.28. The van der Waals surface area contributed by atoms with Crippen molar-refractivity contribution in [2.75, 3.05) is 13.1 Å². The molecule has 1 aromatic carbocycles. The van der Waals surface area contributed by atoms with E-state index in [1.54, 1.807) is 0 Å². The van der Waals surface area contributed by atoms with Crippen LogP contribution in [0, 0.1) is 0 Å². The third-order valence-electron chi connectivity index (χ3n) is 2.89. The second kappa shape index (κ2) is 5.70. The predicted molar refractivity (Wildman–Crippen MR) is 78.6 cm³/mol. The fourth-order valence-corrected chi connectivity index (χ4v) is 2.70. The largest absolute Gasteiger partial charge is 0.324 e. The van der Waals surface area contributed by atoms with Gasteiger partial charge in [0.25, 0.3) is 0 Å². The van der Waals surface area contributed by atoms with Crippen molar-refractivity contribution >= 4 is 28.3 Å². The zero-order valence-electron chi connectivity index (χ0n) is 10.4. The van der Waals surface area contributed by atoms with Crippen molar-refractivity contribution in [1.29, 1.82) is 0 Å². The Morgan fingerprint density at radius 3 is 2.71 bits per heavy atom. The lowest BCUT2D eigenvalue weighted by Crippen LogP contribution is -2.46. The van der Waals surface area contributed by atoms with Crippen LogP contribution in [0.25, 0.3) is 0 Å². The maximum absolute atomic E-state index is 6.06. The summed E-state index contributed by atoms with van der Waals surface area (Å²) >= 11 is 3.52. The number of nitrogens with zero attached hydrogens (tertiary/aromatic N) is 1. The van der Waals surface area contributed by atoms with Crippen LogP contribution in [0.5, 0.6) is 0 Å². The Balaban J connectivity index is 0.00000144. The summed E-state index contributed by atoms with van der Waals surface area (Å²) in [4.78, 5) is 2.44. The molecule has 0 unspecified atom stereocenters. The third-order valence-corrected chi connectivity index (χ3v) is 3.38. The lowest BCUT2D eigenvalue weighted by Gasteiger charge is -2.33. The molecular formula is C13H20BrClN2. The zero-order chi connectivity index (χ0) is 11.8. The summed E-state index contributed by atoms with van der Waals surface area (Å²) in [5.74, 6) is 0. The number of fused-ring (bicyclic) bond motifs is 1. The fourth-order valence-electron chi connectivity index (χ4n) is 2.29. The molecule has 2 N–H and O–H groups in total. The monoisotopic (exact) mass is 318 g/mol. The molecule has 17 heavy (non-hydrogen) atoms. The van der Waals surface area contributed by atoms with Crippen LogP contribution in [-0.4, -0.2) is 23.5 Å². The van der Waals surface area contributed by atoms with E-state index in [4.69, 9.17) is 5.73 Å². The van der Waals surface area contributed by atoms with Crippen LogP contribution in [0.3, 0.4) is 0 Å². The minimum atomic E-state index is -0.104. The minimum Gasteiger partial charge on any atom is -0.324 e. The van der Waals surface area contributed by atoms with Crippen LogP contribution in [0.4, 0.5) is 0 Å². The van der Waals surface area contributed by atoms with Gasteiger partial charge in [0.1, 0.15) is 0 Å². The van der Waals surface area contributed by atoms with Gasteiger partial charge in [0.2, 0.25) is 0 Å². The SMILES string of the molecule is CC(C)(N)CN1CCc2cc(Br)ccc2C1.Cl. The first-order valence-corrected chi connectivity index (χ1v) is 6.52. The van der Waals surface area contributed by atoms with Crippen molar-refractivity contribution in [1.82, 2.24) is 4.90 Å². The highest BCUT2D eigenvalue weighted by atomic mass is 79.9. The van der Waals surface area contributed by atoms with E-state index in [1.807, 2.05) is 0 Å². The number of hydrogen-bond acceptors (Lipinski definition) is 2. The summed E-state index contributed by atoms with van der Waals surface area (Å²) in [6.07, 6.45) is 1.13. The molecule has 0 amide bonds. The molecule has 0 radical (unpaired) electrons. The average molecular weight is 320 g/mol. The lowest BCUT2D eigenvalue weighted by molar-refractivity contribution is 0.209. The summed E-state index contributed by atoms with van der Waals surface area (Å²) in [5.41, 5.74) is 8.87. The summed E-state index contributed by atoms with van der Waals surface area (Å²) in [6, 6.07) is 6.57. The quantitative estimate of drug-likeness (QED) is 0.908. The van der Waals surface area contributed by atoms with Gasteiger partial charge < -0.3 is 5.73 Å². The molecule has 1 aromatic rings. The first-order chi connectivity index (χ1) is 7.44. The second-order valence-electron chi connectivity index (χ2n) is 5.36. The first-order valence-electron chi connectivity index (χ1n) is 5.73. The highest BCUT2D eigenvalue weighted by Gasteiger charge is 2.21. The molecule has 0 aliphatic carbocycles. The van der Waals surface area contributed by atoms with E-state index in [9.17, 15) is 0 Å². The number of hydrogen-bond donors (Lipinski definition) is 1. The van der Waals surface area contributed by atoms with Gasteiger partial charge >= 0.3 is 0 Å². The molecule has 0 spiro atoms. The average Bonchev–Trinajstić information content (AvgIpc) is 2.16. The normalized spacial score (nSPS) is 16.2. The highest BCUT2D eigenvalue weighted by molar-refractivity contribution is 9.10. The molecule has 2 nitrogen and oxygen atoms in total. The van der Waals surface area contributed by atoms with E-state index in [0.717, 1.165) is 26.1 Å². The van der Waals surface area contributed by atoms with Crippen molar-refractivity contribution in [3.05, 3.63) is 33.8 Å². The highest BCUT2D eigenvalue weighted by Crippen LogP contribution is 2.23. The van der Waals surface area contributed by atoms with Crippen LogP contribution >= 0.6 is 28.3 Å². The van der Waals surface area contributed by atoms with Crippen LogP contribution in [0.1, 0.15) is 25.0 Å². The molecule has 96 valence electrons. The van der Waals surface area contributed by atoms with Crippen molar-refractivity contribution in [2.45, 2.75) is 32.4 Å². The number of nitrogens with two attached hydrogens (primary N) is 1. The van der Waals surface area contributed by atoms with E-state index < -0.39 is 0 Å². The van der Waals surface area contributed by atoms with Gasteiger partial charge in [-0.1, -0.05) is 22.0 Å². The van der Waals surface area contributed by atoms with Crippen LogP contribution in [0.2, 0.25) is 0 Å². The molecular weight excluding hydrogens is 300 g/mol. The molecule has 0 aromatic heterocycles. The van der Waals surface area contributed by atoms with E-state index in [-0.39, 0.29) is 17.9 Å². The van der Waals surface area contributed by atoms with Crippen molar-refractivity contribution in [2.24, 2.45) is 5.73 Å². The predicted octanol–water partition coefficient (Wildman–Crippen LogP) is 2.97. The smallest absolute Gasteiger partial charge is 0.0237 e. The Labute approximate surface area is 118 Å². The van der Waals surface area contributed by atoms with Crippen LogP contribution in [0.15, 0.2) is 22.7 Å².